The fourth-order valence-electron chi connectivity index (χ4n) is 5.85. The minimum absolute atomic E-state index is 0.264. The molecule has 0 atom stereocenters. The Labute approximate surface area is 260 Å². The van der Waals surface area contributed by atoms with Gasteiger partial charge in [0.15, 0.2) is 17.0 Å². The Balaban J connectivity index is 1.16. The monoisotopic (exact) mass is 583 g/mol. The molecule has 0 saturated heterocycles. The van der Waals surface area contributed by atoms with E-state index in [1.165, 1.54) is 27.5 Å². The van der Waals surface area contributed by atoms with Crippen molar-refractivity contribution in [3.05, 3.63) is 157 Å². The third kappa shape index (κ3) is 5.34. The first kappa shape index (κ1) is 26.6. The molecule has 2 heterocycles. The number of aromatic nitrogens is 4. The molecule has 0 amide bonds. The largest absolute Gasteiger partial charge is 0.424 e. The first-order valence-electron chi connectivity index (χ1n) is 15.0. The topological polar surface area (TPSA) is 64.9 Å². The Morgan fingerprint density at radius 2 is 1.27 bits per heavy atom. The number of benzene rings is 6. The molecule has 0 fully saturated rings. The summed E-state index contributed by atoms with van der Waals surface area (Å²) in [6, 6.07) is 48.2. The van der Waals surface area contributed by atoms with Crippen LogP contribution in [0.5, 0.6) is 11.8 Å². The quantitative estimate of drug-likeness (QED) is 0.193. The van der Waals surface area contributed by atoms with Crippen LogP contribution in [0.25, 0.3) is 43.8 Å². The summed E-state index contributed by atoms with van der Waals surface area (Å²) in [5, 5.41) is 8.05. The lowest BCUT2D eigenvalue weighted by Crippen LogP contribution is -2.06. The molecule has 0 unspecified atom stereocenters. The molecule has 2 aromatic heterocycles. The lowest BCUT2D eigenvalue weighted by Gasteiger charge is -2.12. The number of fused-ring (bicyclic) bond motifs is 3. The van der Waals surface area contributed by atoms with Crippen molar-refractivity contribution in [3.63, 3.8) is 0 Å². The normalized spacial score (nSPS) is 11.3. The van der Waals surface area contributed by atoms with E-state index in [0.717, 1.165) is 16.3 Å². The van der Waals surface area contributed by atoms with Crippen LogP contribution in [0.2, 0.25) is 0 Å². The second kappa shape index (κ2) is 11.6. The van der Waals surface area contributed by atoms with Gasteiger partial charge in [-0.2, -0.15) is 9.97 Å². The van der Waals surface area contributed by atoms with Crippen molar-refractivity contribution in [2.45, 2.75) is 13.1 Å². The van der Waals surface area contributed by atoms with E-state index in [1.54, 1.807) is 0 Å². The Kier molecular flexibility index (Phi) is 6.85. The lowest BCUT2D eigenvalue weighted by atomic mass is 10.0. The maximum absolute atomic E-state index is 6.40. The molecule has 6 aromatic carbocycles. The third-order valence-corrected chi connectivity index (χ3v) is 8.13. The summed E-state index contributed by atoms with van der Waals surface area (Å²) in [7, 11) is 0. The molecule has 1 N–H and O–H groups in total. The summed E-state index contributed by atoms with van der Waals surface area (Å²) >= 11 is 0. The molecule has 0 aliphatic heterocycles. The highest BCUT2D eigenvalue weighted by molar-refractivity contribution is 5.89. The summed E-state index contributed by atoms with van der Waals surface area (Å²) in [6.07, 6.45) is 1.83. The fourth-order valence-corrected chi connectivity index (χ4v) is 5.85. The van der Waals surface area contributed by atoms with E-state index in [4.69, 9.17) is 19.7 Å². The molecule has 45 heavy (non-hydrogen) atoms. The van der Waals surface area contributed by atoms with E-state index >= 15 is 0 Å². The molecule has 6 heteroatoms. The maximum Gasteiger partial charge on any atom is 0.326 e. The molecule has 0 saturated carbocycles. The molecule has 216 valence electrons. The van der Waals surface area contributed by atoms with Crippen LogP contribution in [-0.4, -0.2) is 19.5 Å². The standard InChI is InChI=1S/C39H29N5O/c1-2-10-28(11-3-1)29-22-20-27(21-23-29)25-44-26-41-36-37(40-24-32-16-8-14-30-12-4-6-17-33(30)32)42-39(43-38(36)44)45-35-19-9-15-31-13-5-7-18-34(31)35/h1-23,26H,24-25H2,(H,40,42,43). The van der Waals surface area contributed by atoms with Gasteiger partial charge in [0.1, 0.15) is 5.75 Å². The number of rotatable bonds is 8. The Hall–Kier alpha value is -6.01. The highest BCUT2D eigenvalue weighted by Gasteiger charge is 2.16. The van der Waals surface area contributed by atoms with Crippen molar-refractivity contribution in [2.24, 2.45) is 0 Å². The van der Waals surface area contributed by atoms with Crippen LogP contribution in [0, 0.1) is 0 Å². The van der Waals surface area contributed by atoms with Gasteiger partial charge in [0.25, 0.3) is 0 Å². The van der Waals surface area contributed by atoms with Gasteiger partial charge in [0.2, 0.25) is 0 Å². The van der Waals surface area contributed by atoms with E-state index in [2.05, 4.69) is 108 Å². The number of nitrogens with one attached hydrogen (secondary N) is 1. The van der Waals surface area contributed by atoms with Gasteiger partial charge in [-0.25, -0.2) is 4.98 Å². The van der Waals surface area contributed by atoms with Crippen molar-refractivity contribution in [2.75, 3.05) is 5.32 Å². The summed E-state index contributed by atoms with van der Waals surface area (Å²) in [4.78, 5) is 14.5. The van der Waals surface area contributed by atoms with Gasteiger partial charge in [-0.3, -0.25) is 0 Å². The molecular formula is C39H29N5O. The molecule has 0 aliphatic rings. The van der Waals surface area contributed by atoms with Gasteiger partial charge in [-0.1, -0.05) is 133 Å². The maximum atomic E-state index is 6.40. The molecule has 8 rings (SSSR count). The average molecular weight is 584 g/mol. The van der Waals surface area contributed by atoms with E-state index in [1.807, 2.05) is 47.3 Å². The van der Waals surface area contributed by atoms with Crippen molar-refractivity contribution in [1.29, 1.82) is 0 Å². The summed E-state index contributed by atoms with van der Waals surface area (Å²) in [6.45, 7) is 1.19. The third-order valence-electron chi connectivity index (χ3n) is 8.13. The summed E-state index contributed by atoms with van der Waals surface area (Å²) < 4.78 is 8.45. The minimum Gasteiger partial charge on any atom is -0.424 e. The molecule has 6 nitrogen and oxygen atoms in total. The van der Waals surface area contributed by atoms with Crippen LogP contribution in [0.15, 0.2) is 146 Å². The lowest BCUT2D eigenvalue weighted by molar-refractivity contribution is 0.449. The molecular weight excluding hydrogens is 554 g/mol. The van der Waals surface area contributed by atoms with Gasteiger partial charge in [-0.15, -0.1) is 0 Å². The van der Waals surface area contributed by atoms with E-state index in [-0.39, 0.29) is 6.01 Å². The number of nitrogens with zero attached hydrogens (tertiary/aromatic N) is 4. The SMILES string of the molecule is c1ccc(-c2ccc(Cn3cnc4c(NCc5cccc6ccccc56)nc(Oc5cccc6ccccc56)nc43)cc2)cc1. The smallest absolute Gasteiger partial charge is 0.326 e. The van der Waals surface area contributed by atoms with Gasteiger partial charge in [0.05, 0.1) is 12.9 Å². The van der Waals surface area contributed by atoms with E-state index in [0.29, 0.717) is 35.8 Å². The summed E-state index contributed by atoms with van der Waals surface area (Å²) in [5.74, 6) is 1.33. The number of anilines is 1. The zero-order valence-corrected chi connectivity index (χ0v) is 24.5. The zero-order valence-electron chi connectivity index (χ0n) is 24.5. The second-order valence-electron chi connectivity index (χ2n) is 11.0. The highest BCUT2D eigenvalue weighted by Crippen LogP contribution is 2.31. The number of imidazole rings is 1. The number of hydrogen-bond acceptors (Lipinski definition) is 5. The van der Waals surface area contributed by atoms with Crippen molar-refractivity contribution < 1.29 is 4.74 Å². The van der Waals surface area contributed by atoms with Crippen molar-refractivity contribution >= 4 is 38.5 Å². The first-order chi connectivity index (χ1) is 22.3. The number of hydrogen-bond donors (Lipinski definition) is 1. The highest BCUT2D eigenvalue weighted by atomic mass is 16.5. The van der Waals surface area contributed by atoms with E-state index in [9.17, 15) is 0 Å². The number of ether oxygens (including phenoxy) is 1. The van der Waals surface area contributed by atoms with Crippen molar-refractivity contribution in [3.8, 4) is 22.9 Å². The molecule has 0 radical (unpaired) electrons. The van der Waals surface area contributed by atoms with Crippen LogP contribution in [0.4, 0.5) is 5.82 Å². The predicted molar refractivity (Wildman–Crippen MR) is 182 cm³/mol. The van der Waals surface area contributed by atoms with Gasteiger partial charge in [0, 0.05) is 11.9 Å². The Morgan fingerprint density at radius 1 is 0.600 bits per heavy atom. The van der Waals surface area contributed by atoms with Gasteiger partial charge in [-0.05, 0) is 44.5 Å². The Morgan fingerprint density at radius 3 is 2.09 bits per heavy atom. The van der Waals surface area contributed by atoms with Crippen LogP contribution < -0.4 is 10.1 Å². The second-order valence-corrected chi connectivity index (χ2v) is 11.0. The summed E-state index contributed by atoms with van der Waals surface area (Å²) in [5.41, 5.74) is 6.10. The minimum atomic E-state index is 0.264. The average Bonchev–Trinajstić information content (AvgIpc) is 3.50. The molecule has 0 bridgehead atoms. The molecule has 0 aliphatic carbocycles. The molecule has 8 aromatic rings. The Bertz CT molecular complexity index is 2270. The van der Waals surface area contributed by atoms with Gasteiger partial charge < -0.3 is 14.6 Å². The van der Waals surface area contributed by atoms with Crippen LogP contribution in [0.3, 0.4) is 0 Å². The zero-order chi connectivity index (χ0) is 30.0. The van der Waals surface area contributed by atoms with Crippen LogP contribution in [-0.2, 0) is 13.1 Å². The van der Waals surface area contributed by atoms with Gasteiger partial charge >= 0.3 is 6.01 Å². The van der Waals surface area contributed by atoms with Crippen LogP contribution in [0.1, 0.15) is 11.1 Å². The molecule has 0 spiro atoms. The predicted octanol–water partition coefficient (Wildman–Crippen LogP) is 9.25. The first-order valence-corrected chi connectivity index (χ1v) is 15.0. The fraction of sp³-hybridized carbons (Fsp3) is 0.0513. The van der Waals surface area contributed by atoms with Crippen LogP contribution >= 0.6 is 0 Å². The van der Waals surface area contributed by atoms with Crippen molar-refractivity contribution in [1.82, 2.24) is 19.5 Å². The van der Waals surface area contributed by atoms with E-state index < -0.39 is 0 Å².